The predicted molar refractivity (Wildman–Crippen MR) is 88.9 cm³/mol. The maximum Gasteiger partial charge on any atom is 0.250 e. The number of hydrazine groups is 1. The van der Waals surface area contributed by atoms with Crippen LogP contribution in [0, 0.1) is 0 Å². The zero-order valence-electron chi connectivity index (χ0n) is 13.0. The first-order valence-corrected chi connectivity index (χ1v) is 7.74. The van der Waals surface area contributed by atoms with Crippen LogP contribution in [0.4, 0.5) is 5.69 Å². The van der Waals surface area contributed by atoms with E-state index in [0.29, 0.717) is 18.7 Å². The average Bonchev–Trinajstić information content (AvgIpc) is 3.07. The van der Waals surface area contributed by atoms with Crippen LogP contribution in [0.1, 0.15) is 24.9 Å². The largest absolute Gasteiger partial charge is 0.323 e. The minimum atomic E-state index is -0.317. The highest BCUT2D eigenvalue weighted by Gasteiger charge is 2.30. The third-order valence-corrected chi connectivity index (χ3v) is 4.01. The van der Waals surface area contributed by atoms with Crippen LogP contribution in [0.5, 0.6) is 0 Å². The molecule has 1 saturated heterocycles. The Kier molecular flexibility index (Phi) is 4.55. The van der Waals surface area contributed by atoms with Crippen molar-refractivity contribution in [1.29, 1.82) is 0 Å². The van der Waals surface area contributed by atoms with Crippen LogP contribution in [0.2, 0.25) is 0 Å². The van der Waals surface area contributed by atoms with Crippen LogP contribution in [-0.4, -0.2) is 16.5 Å². The molecule has 120 valence electrons. The van der Waals surface area contributed by atoms with Gasteiger partial charge < -0.3 is 9.88 Å². The van der Waals surface area contributed by atoms with Gasteiger partial charge in [0.15, 0.2) is 0 Å². The number of pyridine rings is 1. The van der Waals surface area contributed by atoms with E-state index in [4.69, 9.17) is 0 Å². The molecule has 6 heteroatoms. The lowest BCUT2D eigenvalue weighted by Gasteiger charge is -2.12. The minimum Gasteiger partial charge on any atom is -0.323 e. The first kappa shape index (κ1) is 15.5. The van der Waals surface area contributed by atoms with E-state index in [0.717, 1.165) is 5.56 Å². The Hall–Kier alpha value is -2.44. The lowest BCUT2D eigenvalue weighted by atomic mass is 10.0. The van der Waals surface area contributed by atoms with Gasteiger partial charge in [0, 0.05) is 24.8 Å². The van der Waals surface area contributed by atoms with Gasteiger partial charge >= 0.3 is 0 Å². The van der Waals surface area contributed by atoms with Crippen LogP contribution >= 0.6 is 0 Å². The van der Waals surface area contributed by atoms with Crippen LogP contribution in [-0.2, 0) is 11.3 Å². The van der Waals surface area contributed by atoms with Crippen LogP contribution < -0.4 is 21.7 Å². The molecule has 1 aromatic carbocycles. The smallest absolute Gasteiger partial charge is 0.250 e. The summed E-state index contributed by atoms with van der Waals surface area (Å²) in [5.74, 6) is -0.114. The molecule has 3 N–H and O–H groups in total. The SMILES string of the molecule is CCn1cc(NC(=O)C2CC(c3ccccc3)NN2)ccc1=O. The normalized spacial score (nSPS) is 20.4. The second-order valence-electron chi connectivity index (χ2n) is 5.57. The molecule has 3 rings (SSSR count). The van der Waals surface area contributed by atoms with E-state index in [9.17, 15) is 9.59 Å². The molecule has 1 amide bonds. The van der Waals surface area contributed by atoms with Crippen LogP contribution in [0.25, 0.3) is 0 Å². The number of nitrogens with one attached hydrogen (secondary N) is 3. The topological polar surface area (TPSA) is 75.2 Å². The summed E-state index contributed by atoms with van der Waals surface area (Å²) >= 11 is 0. The van der Waals surface area contributed by atoms with E-state index in [1.54, 1.807) is 16.8 Å². The lowest BCUT2D eigenvalue weighted by Crippen LogP contribution is -2.39. The maximum atomic E-state index is 12.4. The fourth-order valence-corrected chi connectivity index (χ4v) is 2.71. The van der Waals surface area contributed by atoms with E-state index in [-0.39, 0.29) is 23.6 Å². The Balaban J connectivity index is 1.64. The van der Waals surface area contributed by atoms with Gasteiger partial charge in [-0.3, -0.25) is 9.59 Å². The Morgan fingerprint density at radius 3 is 2.74 bits per heavy atom. The van der Waals surface area contributed by atoms with Crippen LogP contribution in [0.3, 0.4) is 0 Å². The highest BCUT2D eigenvalue weighted by molar-refractivity contribution is 5.94. The first-order chi connectivity index (χ1) is 11.2. The second-order valence-corrected chi connectivity index (χ2v) is 5.57. The molecule has 2 unspecified atom stereocenters. The number of anilines is 1. The molecule has 2 atom stereocenters. The summed E-state index contributed by atoms with van der Waals surface area (Å²) in [5, 5.41) is 2.86. The summed E-state index contributed by atoms with van der Waals surface area (Å²) in [4.78, 5) is 23.9. The van der Waals surface area contributed by atoms with Gasteiger partial charge in [-0.1, -0.05) is 30.3 Å². The number of nitrogens with zero attached hydrogens (tertiary/aromatic N) is 1. The molecule has 0 saturated carbocycles. The molecule has 0 aliphatic carbocycles. The number of aryl methyl sites for hydroxylation is 1. The highest BCUT2D eigenvalue weighted by atomic mass is 16.2. The standard InChI is InChI=1S/C17H20N4O2/c1-2-21-11-13(8-9-16(21)22)18-17(23)15-10-14(19-20-15)12-6-4-3-5-7-12/h3-9,11,14-15,19-20H,2,10H2,1H3,(H,18,23). The molecule has 0 spiro atoms. The Bertz CT molecular complexity index is 742. The highest BCUT2D eigenvalue weighted by Crippen LogP contribution is 2.22. The van der Waals surface area contributed by atoms with Crippen molar-refractivity contribution in [3.05, 3.63) is 64.6 Å². The van der Waals surface area contributed by atoms with E-state index in [1.807, 2.05) is 37.3 Å². The van der Waals surface area contributed by atoms with Gasteiger partial charge in [0.25, 0.3) is 5.56 Å². The van der Waals surface area contributed by atoms with Gasteiger partial charge in [0.2, 0.25) is 5.91 Å². The number of carbonyl (C=O) groups excluding carboxylic acids is 1. The molecular formula is C17H20N4O2. The van der Waals surface area contributed by atoms with Crippen molar-refractivity contribution >= 4 is 11.6 Å². The number of hydrogen-bond acceptors (Lipinski definition) is 4. The molecule has 1 aromatic heterocycles. The van der Waals surface area contributed by atoms with Crippen molar-refractivity contribution in [3.8, 4) is 0 Å². The molecule has 2 heterocycles. The van der Waals surface area contributed by atoms with E-state index >= 15 is 0 Å². The number of amides is 1. The fourth-order valence-electron chi connectivity index (χ4n) is 2.71. The predicted octanol–water partition coefficient (Wildman–Crippen LogP) is 1.41. The van der Waals surface area contributed by atoms with E-state index in [2.05, 4.69) is 16.2 Å². The minimum absolute atomic E-state index is 0.0738. The summed E-state index contributed by atoms with van der Waals surface area (Å²) in [6.07, 6.45) is 2.33. The van der Waals surface area contributed by atoms with Gasteiger partial charge in [-0.25, -0.2) is 10.9 Å². The molecule has 1 fully saturated rings. The van der Waals surface area contributed by atoms with Crippen molar-refractivity contribution in [3.63, 3.8) is 0 Å². The lowest BCUT2D eigenvalue weighted by molar-refractivity contribution is -0.117. The second kappa shape index (κ2) is 6.76. The zero-order valence-corrected chi connectivity index (χ0v) is 13.0. The Morgan fingerprint density at radius 1 is 1.22 bits per heavy atom. The van der Waals surface area contributed by atoms with Crippen molar-refractivity contribution in [2.45, 2.75) is 32.0 Å². The average molecular weight is 312 g/mol. The monoisotopic (exact) mass is 312 g/mol. The van der Waals surface area contributed by atoms with Gasteiger partial charge in [-0.05, 0) is 25.0 Å². The molecule has 0 bridgehead atoms. The number of rotatable bonds is 4. The van der Waals surface area contributed by atoms with Crippen molar-refractivity contribution in [1.82, 2.24) is 15.4 Å². The summed E-state index contributed by atoms with van der Waals surface area (Å²) in [6.45, 7) is 2.46. The number of aromatic nitrogens is 1. The summed E-state index contributed by atoms with van der Waals surface area (Å²) in [5.41, 5.74) is 7.89. The van der Waals surface area contributed by atoms with Gasteiger partial charge in [0.05, 0.1) is 5.69 Å². The maximum absolute atomic E-state index is 12.4. The summed E-state index contributed by atoms with van der Waals surface area (Å²) < 4.78 is 1.56. The van der Waals surface area contributed by atoms with E-state index < -0.39 is 0 Å². The van der Waals surface area contributed by atoms with Crippen LogP contribution in [0.15, 0.2) is 53.5 Å². The first-order valence-electron chi connectivity index (χ1n) is 7.74. The fraction of sp³-hybridized carbons (Fsp3) is 0.294. The molecule has 0 radical (unpaired) electrons. The van der Waals surface area contributed by atoms with Gasteiger partial charge in [-0.15, -0.1) is 0 Å². The Labute approximate surface area is 134 Å². The molecular weight excluding hydrogens is 292 g/mol. The number of carbonyl (C=O) groups is 1. The number of benzene rings is 1. The third-order valence-electron chi connectivity index (χ3n) is 4.01. The van der Waals surface area contributed by atoms with Crippen molar-refractivity contribution in [2.75, 3.05) is 5.32 Å². The summed E-state index contributed by atoms with van der Waals surface area (Å²) in [6, 6.07) is 12.9. The van der Waals surface area contributed by atoms with Crippen molar-refractivity contribution < 1.29 is 4.79 Å². The van der Waals surface area contributed by atoms with Gasteiger partial charge in [-0.2, -0.15) is 0 Å². The Morgan fingerprint density at radius 2 is 2.00 bits per heavy atom. The summed E-state index contributed by atoms with van der Waals surface area (Å²) in [7, 11) is 0. The quantitative estimate of drug-likeness (QED) is 0.798. The molecule has 1 aliphatic heterocycles. The molecule has 6 nitrogen and oxygen atoms in total. The molecule has 1 aliphatic rings. The van der Waals surface area contributed by atoms with E-state index in [1.165, 1.54) is 6.07 Å². The zero-order chi connectivity index (χ0) is 16.2. The molecule has 23 heavy (non-hydrogen) atoms. The van der Waals surface area contributed by atoms with Gasteiger partial charge in [0.1, 0.15) is 6.04 Å². The molecule has 2 aromatic rings. The third kappa shape index (κ3) is 3.49. The van der Waals surface area contributed by atoms with Crippen molar-refractivity contribution in [2.24, 2.45) is 0 Å². The number of hydrogen-bond donors (Lipinski definition) is 3.